The molecular formula is C27H23ClF3N5O5. The van der Waals surface area contributed by atoms with Gasteiger partial charge >= 0.3 is 23.5 Å². The molecule has 0 saturated carbocycles. The van der Waals surface area contributed by atoms with Crippen LogP contribution in [-0.4, -0.2) is 32.2 Å². The number of hydrogen-bond acceptors (Lipinski definition) is 8. The van der Waals surface area contributed by atoms with Crippen LogP contribution in [0.15, 0.2) is 76.3 Å². The smallest absolute Gasteiger partial charge is 0.433 e. The van der Waals surface area contributed by atoms with Crippen molar-refractivity contribution in [2.24, 2.45) is 5.92 Å². The van der Waals surface area contributed by atoms with Crippen molar-refractivity contribution in [3.05, 3.63) is 104 Å². The van der Waals surface area contributed by atoms with Crippen LogP contribution in [0.4, 0.5) is 24.8 Å². The highest BCUT2D eigenvalue weighted by Crippen LogP contribution is 2.30. The van der Waals surface area contributed by atoms with E-state index in [2.05, 4.69) is 15.3 Å². The van der Waals surface area contributed by atoms with Crippen LogP contribution >= 0.6 is 11.6 Å². The molecule has 1 N–H and O–H groups in total. The fourth-order valence-electron chi connectivity index (χ4n) is 3.73. The maximum absolute atomic E-state index is 13.4. The Labute approximate surface area is 236 Å². The lowest BCUT2D eigenvalue weighted by Crippen LogP contribution is -2.44. The zero-order valence-corrected chi connectivity index (χ0v) is 22.4. The van der Waals surface area contributed by atoms with Gasteiger partial charge in [-0.15, -0.1) is 0 Å². The monoisotopic (exact) mass is 589 g/mol. The quantitative estimate of drug-likeness (QED) is 0.275. The maximum atomic E-state index is 13.4. The summed E-state index contributed by atoms with van der Waals surface area (Å²) < 4.78 is 51.0. The van der Waals surface area contributed by atoms with Crippen molar-refractivity contribution in [1.82, 2.24) is 19.1 Å². The second kappa shape index (κ2) is 12.3. The summed E-state index contributed by atoms with van der Waals surface area (Å²) in [6, 6.07) is 16.0. The third-order valence-electron chi connectivity index (χ3n) is 5.81. The number of rotatable bonds is 9. The van der Waals surface area contributed by atoms with Gasteiger partial charge in [-0.2, -0.15) is 18.2 Å². The first kappa shape index (κ1) is 29.3. The normalized spacial score (nSPS) is 12.0. The van der Waals surface area contributed by atoms with Crippen LogP contribution in [0.3, 0.4) is 0 Å². The summed E-state index contributed by atoms with van der Waals surface area (Å²) >= 11 is 5.98. The summed E-state index contributed by atoms with van der Waals surface area (Å²) in [6.45, 7) is 1.29. The van der Waals surface area contributed by atoms with Gasteiger partial charge in [0.1, 0.15) is 11.4 Å². The Morgan fingerprint density at radius 3 is 2.32 bits per heavy atom. The largest absolute Gasteiger partial charge is 0.469 e. The molecule has 4 rings (SSSR count). The van der Waals surface area contributed by atoms with Crippen molar-refractivity contribution in [3.8, 4) is 11.6 Å². The van der Waals surface area contributed by atoms with Gasteiger partial charge in [0, 0.05) is 23.3 Å². The number of halogens is 4. The van der Waals surface area contributed by atoms with Crippen LogP contribution < -0.4 is 21.4 Å². The Morgan fingerprint density at radius 2 is 1.68 bits per heavy atom. The Kier molecular flexibility index (Phi) is 8.77. The zero-order valence-electron chi connectivity index (χ0n) is 21.7. The molecule has 1 atom stereocenters. The van der Waals surface area contributed by atoms with Gasteiger partial charge in [-0.3, -0.25) is 9.36 Å². The van der Waals surface area contributed by atoms with E-state index in [0.717, 1.165) is 10.6 Å². The molecule has 4 aromatic rings. The van der Waals surface area contributed by atoms with Gasteiger partial charge in [-0.1, -0.05) is 36.7 Å². The first-order valence-electron chi connectivity index (χ1n) is 12.1. The van der Waals surface area contributed by atoms with Crippen molar-refractivity contribution in [2.45, 2.75) is 26.2 Å². The van der Waals surface area contributed by atoms with Crippen LogP contribution in [0, 0.1) is 5.92 Å². The number of nitrogens with one attached hydrogen (secondary N) is 1. The summed E-state index contributed by atoms with van der Waals surface area (Å²) in [5.74, 6) is -1.51. The Hall–Kier alpha value is -4.65. The van der Waals surface area contributed by atoms with Crippen molar-refractivity contribution in [3.63, 3.8) is 0 Å². The molecule has 14 heteroatoms. The van der Waals surface area contributed by atoms with E-state index >= 15 is 0 Å². The number of ether oxygens (including phenoxy) is 2. The highest BCUT2D eigenvalue weighted by atomic mass is 35.5. The number of anilines is 2. The van der Waals surface area contributed by atoms with Crippen molar-refractivity contribution in [2.75, 3.05) is 12.4 Å². The van der Waals surface area contributed by atoms with Gasteiger partial charge in [-0.05, 0) is 48.0 Å². The number of benzene rings is 2. The maximum Gasteiger partial charge on any atom is 0.433 e. The molecule has 2 aromatic carbocycles. The molecule has 0 bridgehead atoms. The minimum atomic E-state index is -4.62. The lowest BCUT2D eigenvalue weighted by Gasteiger charge is -2.17. The molecule has 214 valence electrons. The van der Waals surface area contributed by atoms with E-state index in [0.29, 0.717) is 16.3 Å². The second-order valence-corrected chi connectivity index (χ2v) is 9.29. The average Bonchev–Trinajstić information content (AvgIpc) is 2.94. The first-order chi connectivity index (χ1) is 19.4. The summed E-state index contributed by atoms with van der Waals surface area (Å²) in [6.07, 6.45) is -4.62. The van der Waals surface area contributed by atoms with E-state index in [-0.39, 0.29) is 30.7 Å². The Balaban J connectivity index is 1.63. The molecular weight excluding hydrogens is 567 g/mol. The standard InChI is InChI=1S/C27H23ClF3N5O5/c1-16(23(37)40-2)14-36-25(38)34-24(35(26(36)39)15-17-6-8-18(28)9-7-17)32-19-10-12-20(13-11-19)41-22-5-3-4-21(33-22)27(29,30)31/h3-13,16H,14-15H2,1-2H3,(H,32,34,38)/t16-/m0/s1. The number of hydrogen-bond donors (Lipinski definition) is 1. The first-order valence-corrected chi connectivity index (χ1v) is 12.5. The molecule has 10 nitrogen and oxygen atoms in total. The van der Waals surface area contributed by atoms with E-state index in [1.54, 1.807) is 24.3 Å². The topological polar surface area (TPSA) is 117 Å². The van der Waals surface area contributed by atoms with Crippen molar-refractivity contribution >= 4 is 29.2 Å². The molecule has 2 heterocycles. The molecule has 0 fully saturated rings. The summed E-state index contributed by atoms with van der Waals surface area (Å²) in [5.41, 5.74) is -1.60. The molecule has 0 radical (unpaired) electrons. The second-order valence-electron chi connectivity index (χ2n) is 8.86. The fourth-order valence-corrected chi connectivity index (χ4v) is 3.86. The average molecular weight is 590 g/mol. The number of methoxy groups -OCH3 is 1. The number of esters is 1. The minimum absolute atomic E-state index is 0.0145. The Bertz CT molecular complexity index is 1650. The molecule has 0 amide bonds. The van der Waals surface area contributed by atoms with Crippen LogP contribution in [-0.2, 0) is 28.8 Å². The molecule has 2 aromatic heterocycles. The summed E-state index contributed by atoms with van der Waals surface area (Å²) in [4.78, 5) is 45.7. The molecule has 41 heavy (non-hydrogen) atoms. The van der Waals surface area contributed by atoms with Gasteiger partial charge in [0.15, 0.2) is 0 Å². The van der Waals surface area contributed by atoms with E-state index in [1.165, 1.54) is 55.0 Å². The molecule has 0 saturated heterocycles. The van der Waals surface area contributed by atoms with Crippen molar-refractivity contribution < 1.29 is 27.4 Å². The van der Waals surface area contributed by atoms with Gasteiger partial charge in [0.2, 0.25) is 11.8 Å². The molecule has 0 aliphatic carbocycles. The number of alkyl halides is 3. The number of carbonyl (C=O) groups excluding carboxylic acids is 1. The highest BCUT2D eigenvalue weighted by Gasteiger charge is 2.32. The highest BCUT2D eigenvalue weighted by molar-refractivity contribution is 6.30. The summed E-state index contributed by atoms with van der Waals surface area (Å²) in [7, 11) is 1.21. The molecule has 0 unspecified atom stereocenters. The van der Waals surface area contributed by atoms with Crippen molar-refractivity contribution in [1.29, 1.82) is 0 Å². The zero-order chi connectivity index (χ0) is 29.7. The van der Waals surface area contributed by atoms with Gasteiger partial charge < -0.3 is 14.8 Å². The Morgan fingerprint density at radius 1 is 1.00 bits per heavy atom. The number of aromatic nitrogens is 4. The van der Waals surface area contributed by atoms with Gasteiger partial charge in [0.05, 0.1) is 19.6 Å². The lowest BCUT2D eigenvalue weighted by molar-refractivity contribution is -0.145. The van der Waals surface area contributed by atoms with E-state index in [1.807, 2.05) is 0 Å². The number of carbonyl (C=O) groups is 1. The van der Waals surface area contributed by atoms with Crippen LogP contribution in [0.1, 0.15) is 18.2 Å². The number of pyridine rings is 1. The van der Waals surface area contributed by atoms with E-state index in [9.17, 15) is 27.6 Å². The third-order valence-corrected chi connectivity index (χ3v) is 6.06. The third kappa shape index (κ3) is 7.31. The van der Waals surface area contributed by atoms with E-state index < -0.39 is 35.1 Å². The molecule has 0 aliphatic rings. The predicted molar refractivity (Wildman–Crippen MR) is 144 cm³/mol. The minimum Gasteiger partial charge on any atom is -0.469 e. The van der Waals surface area contributed by atoms with Gasteiger partial charge in [-0.25, -0.2) is 19.1 Å². The summed E-state index contributed by atoms with van der Waals surface area (Å²) in [5, 5.41) is 3.42. The molecule has 0 aliphatic heterocycles. The number of nitrogens with zero attached hydrogens (tertiary/aromatic N) is 4. The molecule has 0 spiro atoms. The van der Waals surface area contributed by atoms with Gasteiger partial charge in [0.25, 0.3) is 0 Å². The predicted octanol–water partition coefficient (Wildman–Crippen LogP) is 4.87. The van der Waals surface area contributed by atoms with E-state index in [4.69, 9.17) is 21.1 Å². The van der Waals surface area contributed by atoms with Crippen LogP contribution in [0.25, 0.3) is 0 Å². The van der Waals surface area contributed by atoms with Crippen LogP contribution in [0.5, 0.6) is 11.6 Å². The fraction of sp³-hybridized carbons (Fsp3) is 0.222. The van der Waals surface area contributed by atoms with Crippen LogP contribution in [0.2, 0.25) is 5.02 Å². The lowest BCUT2D eigenvalue weighted by atomic mass is 10.2. The SMILES string of the molecule is COC(=O)[C@@H](C)Cn1c(=O)nc(Nc2ccc(Oc3cccc(C(F)(F)F)n3)cc2)n(Cc2ccc(Cl)cc2)c1=O.